The monoisotopic (exact) mass is 185 g/mol. The first-order valence-electron chi connectivity index (χ1n) is 3.61. The fraction of sp³-hybridized carbons (Fsp3) is 0.571. The molecule has 0 saturated carbocycles. The van der Waals surface area contributed by atoms with Crippen LogP contribution in [0.5, 0.6) is 0 Å². The molecule has 66 valence electrons. The Morgan fingerprint density at radius 2 is 2.00 bits per heavy atom. The van der Waals surface area contributed by atoms with Gasteiger partial charge in [-0.05, 0) is 12.2 Å². The van der Waals surface area contributed by atoms with Gasteiger partial charge in [-0.1, -0.05) is 20.8 Å². The third-order valence-corrected chi connectivity index (χ3v) is 1.62. The molecule has 2 N–H and O–H groups in total. The van der Waals surface area contributed by atoms with Gasteiger partial charge >= 0.3 is 0 Å². The van der Waals surface area contributed by atoms with Gasteiger partial charge in [-0.25, -0.2) is 0 Å². The van der Waals surface area contributed by atoms with E-state index in [1.54, 1.807) is 0 Å². The molecule has 1 rings (SSSR count). The zero-order valence-corrected chi connectivity index (χ0v) is 8.08. The third kappa shape index (κ3) is 1.79. The molecule has 5 heteroatoms. The minimum atomic E-state index is -0.257. The summed E-state index contributed by atoms with van der Waals surface area (Å²) in [5.41, 5.74) is -0.00465. The van der Waals surface area contributed by atoms with E-state index < -0.39 is 0 Å². The van der Waals surface area contributed by atoms with Gasteiger partial charge in [0.1, 0.15) is 5.69 Å². The van der Waals surface area contributed by atoms with Crippen LogP contribution in [0.4, 0.5) is 0 Å². The highest BCUT2D eigenvalue weighted by atomic mass is 32.1. The average Bonchev–Trinajstić information content (AvgIpc) is 1.83. The van der Waals surface area contributed by atoms with Crippen molar-refractivity contribution in [2.75, 3.05) is 0 Å². The highest BCUT2D eigenvalue weighted by Crippen LogP contribution is 2.14. The van der Waals surface area contributed by atoms with E-state index in [4.69, 9.17) is 12.2 Å². The topological polar surface area (TPSA) is 61.5 Å². The number of hydrogen-bond donors (Lipinski definition) is 2. The lowest BCUT2D eigenvalue weighted by Gasteiger charge is -2.14. The van der Waals surface area contributed by atoms with Crippen molar-refractivity contribution in [2.45, 2.75) is 26.2 Å². The molecule has 0 aliphatic carbocycles. The second-order valence-corrected chi connectivity index (χ2v) is 4.01. The summed E-state index contributed by atoms with van der Waals surface area (Å²) in [7, 11) is 0. The Balaban J connectivity index is 3.39. The zero-order chi connectivity index (χ0) is 9.35. The molecule has 0 amide bonds. The molecule has 0 bridgehead atoms. The van der Waals surface area contributed by atoms with Crippen molar-refractivity contribution in [3.8, 4) is 0 Å². The van der Waals surface area contributed by atoms with Crippen LogP contribution in [0.25, 0.3) is 0 Å². The SMILES string of the molecule is CC(C)(C)c1n[nH]c(=S)[nH]c1=O. The molecule has 0 unspecified atom stereocenters. The fourth-order valence-electron chi connectivity index (χ4n) is 0.856. The number of aromatic nitrogens is 3. The van der Waals surface area contributed by atoms with E-state index in [2.05, 4.69) is 15.2 Å². The largest absolute Gasteiger partial charge is 0.296 e. The van der Waals surface area contributed by atoms with Gasteiger partial charge in [0.2, 0.25) is 0 Å². The van der Waals surface area contributed by atoms with Crippen LogP contribution in [0.1, 0.15) is 26.5 Å². The molecule has 12 heavy (non-hydrogen) atoms. The van der Waals surface area contributed by atoms with Gasteiger partial charge < -0.3 is 0 Å². The van der Waals surface area contributed by atoms with E-state index in [-0.39, 0.29) is 15.7 Å². The molecule has 0 aliphatic rings. The zero-order valence-electron chi connectivity index (χ0n) is 7.26. The summed E-state index contributed by atoms with van der Waals surface area (Å²) < 4.78 is 0.257. The van der Waals surface area contributed by atoms with Crippen molar-refractivity contribution in [3.63, 3.8) is 0 Å². The highest BCUT2D eigenvalue weighted by molar-refractivity contribution is 7.71. The van der Waals surface area contributed by atoms with Crippen LogP contribution in [0.2, 0.25) is 0 Å². The first-order chi connectivity index (χ1) is 5.41. The predicted molar refractivity (Wildman–Crippen MR) is 48.7 cm³/mol. The van der Waals surface area contributed by atoms with Crippen LogP contribution in [-0.2, 0) is 5.41 Å². The molecule has 0 radical (unpaired) electrons. The summed E-state index contributed by atoms with van der Waals surface area (Å²) in [5, 5.41) is 6.43. The summed E-state index contributed by atoms with van der Waals surface area (Å²) in [6.07, 6.45) is 0. The van der Waals surface area contributed by atoms with Crippen molar-refractivity contribution < 1.29 is 0 Å². The summed E-state index contributed by atoms with van der Waals surface area (Å²) in [6.45, 7) is 5.75. The van der Waals surface area contributed by atoms with E-state index in [1.807, 2.05) is 20.8 Å². The van der Waals surface area contributed by atoms with Gasteiger partial charge in [-0.15, -0.1) is 0 Å². The van der Waals surface area contributed by atoms with Gasteiger partial charge in [-0.3, -0.25) is 14.9 Å². The first kappa shape index (κ1) is 9.12. The molecule has 0 saturated heterocycles. The maximum atomic E-state index is 11.3. The molecule has 1 heterocycles. The Kier molecular flexibility index (Phi) is 2.14. The minimum Gasteiger partial charge on any atom is -0.296 e. The Labute approximate surface area is 75.0 Å². The Morgan fingerprint density at radius 1 is 1.42 bits per heavy atom. The Bertz CT molecular complexity index is 385. The van der Waals surface area contributed by atoms with Gasteiger partial charge in [0.05, 0.1) is 0 Å². The van der Waals surface area contributed by atoms with Crippen molar-refractivity contribution in [3.05, 3.63) is 20.8 Å². The van der Waals surface area contributed by atoms with E-state index >= 15 is 0 Å². The molecule has 1 aromatic heterocycles. The standard InChI is InChI=1S/C7H11N3OS/c1-7(2,3)4-5(11)8-6(12)10-9-4/h1-3H3,(H2,8,10,11,12). The number of nitrogens with one attached hydrogen (secondary N) is 2. The van der Waals surface area contributed by atoms with E-state index in [0.717, 1.165) is 0 Å². The number of nitrogens with zero attached hydrogens (tertiary/aromatic N) is 1. The molecule has 1 aromatic rings. The molecule has 0 aliphatic heterocycles. The number of rotatable bonds is 0. The van der Waals surface area contributed by atoms with Gasteiger partial charge in [-0.2, -0.15) is 5.10 Å². The lowest BCUT2D eigenvalue weighted by molar-refractivity contribution is 0.544. The fourth-order valence-corrected chi connectivity index (χ4v) is 0.994. The first-order valence-corrected chi connectivity index (χ1v) is 4.01. The second kappa shape index (κ2) is 2.82. The molecule has 0 aromatic carbocycles. The lowest BCUT2D eigenvalue weighted by atomic mass is 9.93. The average molecular weight is 185 g/mol. The number of aromatic amines is 2. The maximum absolute atomic E-state index is 11.3. The van der Waals surface area contributed by atoms with E-state index in [0.29, 0.717) is 5.69 Å². The molecular formula is C7H11N3OS. The summed E-state index contributed by atoms with van der Waals surface area (Å²) in [6, 6.07) is 0. The van der Waals surface area contributed by atoms with Gasteiger partial charge in [0.25, 0.3) is 5.56 Å². The van der Waals surface area contributed by atoms with Crippen LogP contribution < -0.4 is 5.56 Å². The van der Waals surface area contributed by atoms with Crippen LogP contribution in [-0.4, -0.2) is 15.2 Å². The molecule has 4 nitrogen and oxygen atoms in total. The third-order valence-electron chi connectivity index (χ3n) is 1.42. The molecular weight excluding hydrogens is 174 g/mol. The van der Waals surface area contributed by atoms with Crippen molar-refractivity contribution in [2.24, 2.45) is 0 Å². The van der Waals surface area contributed by atoms with E-state index in [1.165, 1.54) is 0 Å². The predicted octanol–water partition coefficient (Wildman–Crippen LogP) is 1.12. The van der Waals surface area contributed by atoms with Gasteiger partial charge in [0.15, 0.2) is 4.77 Å². The van der Waals surface area contributed by atoms with Crippen LogP contribution >= 0.6 is 12.2 Å². The van der Waals surface area contributed by atoms with Crippen molar-refractivity contribution in [1.82, 2.24) is 15.2 Å². The summed E-state index contributed by atoms with van der Waals surface area (Å²) in [5.74, 6) is 0. The lowest BCUT2D eigenvalue weighted by Crippen LogP contribution is -2.27. The highest BCUT2D eigenvalue weighted by Gasteiger charge is 2.19. The molecule has 0 atom stereocenters. The normalized spacial score (nSPS) is 11.6. The minimum absolute atomic E-state index is 0.216. The maximum Gasteiger partial charge on any atom is 0.274 e. The number of hydrogen-bond acceptors (Lipinski definition) is 3. The molecule has 0 fully saturated rings. The second-order valence-electron chi connectivity index (χ2n) is 3.61. The smallest absolute Gasteiger partial charge is 0.274 e. The van der Waals surface area contributed by atoms with Crippen LogP contribution in [0.3, 0.4) is 0 Å². The Hall–Kier alpha value is -0.970. The van der Waals surface area contributed by atoms with E-state index in [9.17, 15) is 4.79 Å². The summed E-state index contributed by atoms with van der Waals surface area (Å²) in [4.78, 5) is 13.8. The van der Waals surface area contributed by atoms with Crippen molar-refractivity contribution in [1.29, 1.82) is 0 Å². The van der Waals surface area contributed by atoms with Crippen LogP contribution in [0, 0.1) is 4.77 Å². The quantitative estimate of drug-likeness (QED) is 0.595. The van der Waals surface area contributed by atoms with Crippen molar-refractivity contribution >= 4 is 12.2 Å². The molecule has 0 spiro atoms. The Morgan fingerprint density at radius 3 is 2.42 bits per heavy atom. The number of H-pyrrole nitrogens is 2. The van der Waals surface area contributed by atoms with Gasteiger partial charge in [0, 0.05) is 5.41 Å². The summed E-state index contributed by atoms with van der Waals surface area (Å²) >= 11 is 4.71. The van der Waals surface area contributed by atoms with Crippen LogP contribution in [0.15, 0.2) is 4.79 Å².